The Morgan fingerprint density at radius 3 is 2.45 bits per heavy atom. The van der Waals surface area contributed by atoms with Crippen LogP contribution in [0.15, 0.2) is 11.3 Å². The van der Waals surface area contributed by atoms with Gasteiger partial charge >= 0.3 is 12.3 Å². The van der Waals surface area contributed by atoms with E-state index in [1.165, 1.54) is 4.90 Å². The summed E-state index contributed by atoms with van der Waals surface area (Å²) < 4.78 is 42.1. The van der Waals surface area contributed by atoms with Gasteiger partial charge in [-0.05, 0) is 36.7 Å². The molecule has 1 aliphatic rings. The van der Waals surface area contributed by atoms with Crippen LogP contribution in [-0.2, 0) is 4.74 Å². The van der Waals surface area contributed by atoms with Gasteiger partial charge in [-0.3, -0.25) is 5.41 Å². The quantitative estimate of drug-likeness (QED) is 0.731. The number of amides is 1. The van der Waals surface area contributed by atoms with Crippen LogP contribution < -0.4 is 5.32 Å². The molecule has 0 radical (unpaired) electrons. The fraction of sp³-hybridized carbons (Fsp3) is 0.692. The van der Waals surface area contributed by atoms with E-state index in [0.29, 0.717) is 11.3 Å². The number of nitrogens with zero attached hydrogens (tertiary/aromatic N) is 1. The molecular formula is C13H19BrF3N3O2. The molecule has 0 unspecified atom stereocenters. The molecule has 126 valence electrons. The molecule has 1 aliphatic heterocycles. The Balaban J connectivity index is 2.81. The van der Waals surface area contributed by atoms with Crippen LogP contribution in [0.1, 0.15) is 27.2 Å². The number of ether oxygens (including phenoxy) is 1. The van der Waals surface area contributed by atoms with Crippen LogP contribution in [0, 0.1) is 5.41 Å². The molecule has 0 aromatic heterocycles. The maximum Gasteiger partial charge on any atom is 0.410 e. The van der Waals surface area contributed by atoms with E-state index in [-0.39, 0.29) is 24.1 Å². The lowest BCUT2D eigenvalue weighted by Crippen LogP contribution is -2.43. The molecule has 0 aliphatic carbocycles. The van der Waals surface area contributed by atoms with Crippen LogP contribution in [-0.4, -0.2) is 47.0 Å². The molecule has 1 rings (SSSR count). The van der Waals surface area contributed by atoms with E-state index in [2.05, 4.69) is 21.2 Å². The maximum absolute atomic E-state index is 12.3. The summed E-state index contributed by atoms with van der Waals surface area (Å²) >= 11 is 2.96. The fourth-order valence-corrected chi connectivity index (χ4v) is 2.21. The molecule has 9 heteroatoms. The predicted molar refractivity (Wildman–Crippen MR) is 80.2 cm³/mol. The minimum absolute atomic E-state index is 0.0270. The van der Waals surface area contributed by atoms with Crippen LogP contribution in [0.4, 0.5) is 18.0 Å². The van der Waals surface area contributed by atoms with E-state index in [0.717, 1.165) is 0 Å². The zero-order chi connectivity index (χ0) is 17.1. The number of carbonyl (C=O) groups is 1. The van der Waals surface area contributed by atoms with Gasteiger partial charge in [0, 0.05) is 24.2 Å². The van der Waals surface area contributed by atoms with E-state index in [1.807, 2.05) is 0 Å². The normalized spacial score (nSPS) is 16.6. The van der Waals surface area contributed by atoms with Gasteiger partial charge in [-0.2, -0.15) is 13.2 Å². The summed E-state index contributed by atoms with van der Waals surface area (Å²) in [6, 6.07) is 0. The lowest BCUT2D eigenvalue weighted by Gasteiger charge is -2.32. The van der Waals surface area contributed by atoms with Gasteiger partial charge in [0.2, 0.25) is 0 Å². The monoisotopic (exact) mass is 385 g/mol. The molecule has 5 nitrogen and oxygen atoms in total. The van der Waals surface area contributed by atoms with E-state index < -0.39 is 24.4 Å². The Bertz CT molecular complexity index is 484. The summed E-state index contributed by atoms with van der Waals surface area (Å²) in [5, 5.41) is 9.93. The second kappa shape index (κ2) is 6.89. The number of hydrogen-bond acceptors (Lipinski definition) is 4. The van der Waals surface area contributed by atoms with Crippen molar-refractivity contribution >= 4 is 26.6 Å². The van der Waals surface area contributed by atoms with Crippen molar-refractivity contribution in [2.24, 2.45) is 0 Å². The Morgan fingerprint density at radius 1 is 1.41 bits per heavy atom. The summed E-state index contributed by atoms with van der Waals surface area (Å²) in [5.74, 6) is 0. The van der Waals surface area contributed by atoms with Gasteiger partial charge in [0.25, 0.3) is 0 Å². The Morgan fingerprint density at radius 2 is 2.00 bits per heavy atom. The predicted octanol–water partition coefficient (Wildman–Crippen LogP) is 3.41. The summed E-state index contributed by atoms with van der Waals surface area (Å²) in [6.07, 6.45) is -4.68. The van der Waals surface area contributed by atoms with Crippen molar-refractivity contribution in [1.29, 1.82) is 5.41 Å². The molecule has 22 heavy (non-hydrogen) atoms. The molecule has 0 bridgehead atoms. The molecule has 0 saturated carbocycles. The minimum atomic E-state index is -4.34. The molecule has 1 heterocycles. The zero-order valence-electron chi connectivity index (χ0n) is 12.6. The highest BCUT2D eigenvalue weighted by Crippen LogP contribution is 2.22. The third-order valence-corrected chi connectivity index (χ3v) is 3.24. The number of rotatable bonds is 3. The van der Waals surface area contributed by atoms with E-state index in [1.54, 1.807) is 20.8 Å². The van der Waals surface area contributed by atoms with Crippen molar-refractivity contribution in [2.75, 3.05) is 19.6 Å². The zero-order valence-corrected chi connectivity index (χ0v) is 14.2. The van der Waals surface area contributed by atoms with Gasteiger partial charge in [0.1, 0.15) is 16.8 Å². The highest BCUT2D eigenvalue weighted by molar-refractivity contribution is 9.18. The highest BCUT2D eigenvalue weighted by Gasteiger charge is 2.31. The van der Waals surface area contributed by atoms with E-state index in [4.69, 9.17) is 10.1 Å². The van der Waals surface area contributed by atoms with Crippen LogP contribution >= 0.6 is 15.9 Å². The van der Waals surface area contributed by atoms with E-state index in [9.17, 15) is 18.0 Å². The van der Waals surface area contributed by atoms with Gasteiger partial charge in [-0.1, -0.05) is 0 Å². The Labute approximate surface area is 135 Å². The van der Waals surface area contributed by atoms with Crippen molar-refractivity contribution in [1.82, 2.24) is 10.2 Å². The average molecular weight is 386 g/mol. The fourth-order valence-electron chi connectivity index (χ4n) is 1.85. The number of hydrogen-bond donors (Lipinski definition) is 2. The maximum atomic E-state index is 12.3. The number of carbonyl (C=O) groups excluding carboxylic acids is 1. The molecule has 0 saturated heterocycles. The van der Waals surface area contributed by atoms with Crippen LogP contribution in [0.25, 0.3) is 0 Å². The molecule has 0 atom stereocenters. The first-order chi connectivity index (χ1) is 9.89. The average Bonchev–Trinajstić information content (AvgIpc) is 2.33. The van der Waals surface area contributed by atoms with Gasteiger partial charge in [-0.15, -0.1) is 0 Å². The van der Waals surface area contributed by atoms with Crippen molar-refractivity contribution in [3.63, 3.8) is 0 Å². The number of halogens is 4. The van der Waals surface area contributed by atoms with Gasteiger partial charge in [-0.25, -0.2) is 4.79 Å². The Hall–Kier alpha value is -1.25. The van der Waals surface area contributed by atoms with Gasteiger partial charge < -0.3 is 15.0 Å². The summed E-state index contributed by atoms with van der Waals surface area (Å²) in [6.45, 7) is 4.29. The molecule has 2 N–H and O–H groups in total. The summed E-state index contributed by atoms with van der Waals surface area (Å²) in [4.78, 5) is 13.4. The molecule has 0 aromatic carbocycles. The van der Waals surface area contributed by atoms with Gasteiger partial charge in [0.15, 0.2) is 0 Å². The molecule has 1 amide bonds. The first kappa shape index (κ1) is 18.8. The highest BCUT2D eigenvalue weighted by atomic mass is 79.9. The molecule has 0 aromatic rings. The first-order valence-electron chi connectivity index (χ1n) is 6.64. The lowest BCUT2D eigenvalue weighted by atomic mass is 10.1. The molecular weight excluding hydrogens is 367 g/mol. The second-order valence-electron chi connectivity index (χ2n) is 5.89. The van der Waals surface area contributed by atoms with Crippen molar-refractivity contribution in [3.05, 3.63) is 11.3 Å². The third-order valence-electron chi connectivity index (χ3n) is 2.76. The van der Waals surface area contributed by atoms with Crippen molar-refractivity contribution in [2.45, 2.75) is 39.0 Å². The largest absolute Gasteiger partial charge is 0.444 e. The van der Waals surface area contributed by atoms with Crippen molar-refractivity contribution < 1.29 is 22.7 Å². The van der Waals surface area contributed by atoms with Gasteiger partial charge in [0.05, 0.1) is 6.54 Å². The van der Waals surface area contributed by atoms with Crippen LogP contribution in [0.5, 0.6) is 0 Å². The minimum Gasteiger partial charge on any atom is -0.444 e. The first-order valence-corrected chi connectivity index (χ1v) is 7.43. The third kappa shape index (κ3) is 6.25. The van der Waals surface area contributed by atoms with Crippen molar-refractivity contribution in [3.8, 4) is 0 Å². The number of nitrogens with one attached hydrogen (secondary N) is 2. The Kier molecular flexibility index (Phi) is 5.89. The number of alkyl halides is 3. The summed E-state index contributed by atoms with van der Waals surface area (Å²) in [7, 11) is 0. The van der Waals surface area contributed by atoms with Crippen LogP contribution in [0.3, 0.4) is 0 Å². The standard InChI is InChI=1S/C13H19BrF3N3O2/c1-12(2,3)22-11(21)20-5-4-9(8(6-20)10(14)18)19-7-13(15,16)17/h18-19H,4-7H2,1-3H3. The summed E-state index contributed by atoms with van der Waals surface area (Å²) in [5.41, 5.74) is -0.0158. The smallest absolute Gasteiger partial charge is 0.410 e. The SMILES string of the molecule is CC(C)(C)OC(=O)N1CCC(NCC(F)(F)F)=C(C(=N)Br)C1. The topological polar surface area (TPSA) is 65.4 Å². The molecule has 0 fully saturated rings. The molecule has 0 spiro atoms. The second-order valence-corrected chi connectivity index (χ2v) is 6.68. The lowest BCUT2D eigenvalue weighted by molar-refractivity contribution is -0.123. The van der Waals surface area contributed by atoms with E-state index >= 15 is 0 Å². The van der Waals surface area contributed by atoms with Crippen LogP contribution in [0.2, 0.25) is 0 Å².